The monoisotopic (exact) mass is 501 g/mol. The number of benzene rings is 1. The zero-order chi connectivity index (χ0) is 25.6. The van der Waals surface area contributed by atoms with Crippen LogP contribution in [0.2, 0.25) is 0 Å². The molecule has 37 heavy (non-hydrogen) atoms. The molecule has 3 aromatic heterocycles. The van der Waals surface area contributed by atoms with Gasteiger partial charge in [0.25, 0.3) is 0 Å². The first-order valence-electron chi connectivity index (χ1n) is 13.6. The van der Waals surface area contributed by atoms with E-state index in [9.17, 15) is 0 Å². The highest BCUT2D eigenvalue weighted by Crippen LogP contribution is 2.22. The van der Waals surface area contributed by atoms with Gasteiger partial charge < -0.3 is 10.2 Å². The van der Waals surface area contributed by atoms with Crippen molar-refractivity contribution in [1.82, 2.24) is 39.2 Å². The first-order chi connectivity index (χ1) is 18.1. The van der Waals surface area contributed by atoms with Crippen molar-refractivity contribution in [1.29, 1.82) is 0 Å². The smallest absolute Gasteiger partial charge is 0.227 e. The zero-order valence-electron chi connectivity index (χ0n) is 22.3. The molecular formula is C28H39N9. The van der Waals surface area contributed by atoms with E-state index >= 15 is 0 Å². The van der Waals surface area contributed by atoms with Gasteiger partial charge in [-0.1, -0.05) is 38.5 Å². The third-order valence-electron chi connectivity index (χ3n) is 7.12. The van der Waals surface area contributed by atoms with Crippen LogP contribution in [0.5, 0.6) is 0 Å². The number of para-hydroxylation sites is 1. The van der Waals surface area contributed by atoms with Crippen LogP contribution in [-0.2, 0) is 13.1 Å². The number of hydrogen-bond donors (Lipinski definition) is 1. The van der Waals surface area contributed by atoms with Gasteiger partial charge in [-0.15, -0.1) is 0 Å². The van der Waals surface area contributed by atoms with Crippen LogP contribution in [0.4, 0.5) is 5.95 Å². The van der Waals surface area contributed by atoms with Gasteiger partial charge in [-0.25, -0.2) is 9.67 Å². The van der Waals surface area contributed by atoms with Gasteiger partial charge >= 0.3 is 0 Å². The minimum absolute atomic E-state index is 0.330. The summed E-state index contributed by atoms with van der Waals surface area (Å²) in [6, 6.07) is 10.2. The number of hydrogen-bond acceptors (Lipinski definition) is 7. The van der Waals surface area contributed by atoms with Crippen LogP contribution in [-0.4, -0.2) is 72.4 Å². The number of rotatable bonds is 11. The minimum Gasteiger partial charge on any atom is -0.350 e. The second-order valence-corrected chi connectivity index (χ2v) is 10.4. The predicted octanol–water partition coefficient (Wildman–Crippen LogP) is 4.35. The summed E-state index contributed by atoms with van der Waals surface area (Å²) in [7, 11) is 2.16. The van der Waals surface area contributed by atoms with Crippen molar-refractivity contribution in [2.24, 2.45) is 0 Å². The van der Waals surface area contributed by atoms with E-state index in [1.165, 1.54) is 38.9 Å². The van der Waals surface area contributed by atoms with E-state index in [-0.39, 0.29) is 0 Å². The average molecular weight is 502 g/mol. The van der Waals surface area contributed by atoms with E-state index in [0.29, 0.717) is 25.0 Å². The van der Waals surface area contributed by atoms with Crippen LogP contribution in [0.15, 0.2) is 48.9 Å². The van der Waals surface area contributed by atoms with Crippen molar-refractivity contribution in [3.05, 3.63) is 65.9 Å². The van der Waals surface area contributed by atoms with Crippen molar-refractivity contribution < 1.29 is 0 Å². The first kappa shape index (κ1) is 25.4. The fraction of sp³-hybridized carbons (Fsp3) is 0.500. The molecule has 5 rings (SSSR count). The maximum atomic E-state index is 4.95. The van der Waals surface area contributed by atoms with E-state index in [1.807, 2.05) is 33.7 Å². The lowest BCUT2D eigenvalue weighted by molar-refractivity contribution is 0.209. The summed E-state index contributed by atoms with van der Waals surface area (Å²) in [5, 5.41) is 12.6. The molecule has 1 aromatic carbocycles. The standard InChI is InChI=1S/C28H39N9/c1-22(2)24-20-31-37-27(24)32-26(21-34(3)14-10-17-35-15-7-4-8-16-35)33-28(37)29-19-23-11-5-6-12-25(23)36-18-9-13-30-36/h5-6,9,11-13,18,20,22H,4,7-8,10,14-17,19,21H2,1-3H3,(H,29,32,33). The van der Waals surface area contributed by atoms with Crippen LogP contribution in [0.1, 0.15) is 62.4 Å². The summed E-state index contributed by atoms with van der Waals surface area (Å²) in [4.78, 5) is 14.8. The first-order valence-corrected chi connectivity index (χ1v) is 13.6. The second-order valence-electron chi connectivity index (χ2n) is 10.4. The summed E-state index contributed by atoms with van der Waals surface area (Å²) in [6.45, 7) is 10.4. The SMILES string of the molecule is CC(C)c1cnn2c(NCc3ccccc3-n3cccn3)nc(CN(C)CCCN3CCCCC3)nc12. The Labute approximate surface area is 219 Å². The van der Waals surface area contributed by atoms with E-state index in [1.54, 1.807) is 6.20 Å². The Morgan fingerprint density at radius 3 is 2.65 bits per heavy atom. The molecule has 0 aliphatic carbocycles. The Morgan fingerprint density at radius 1 is 1.03 bits per heavy atom. The quantitative estimate of drug-likeness (QED) is 0.327. The van der Waals surface area contributed by atoms with Crippen LogP contribution in [0.25, 0.3) is 11.3 Å². The summed E-state index contributed by atoms with van der Waals surface area (Å²) >= 11 is 0. The number of piperidine rings is 1. The second kappa shape index (κ2) is 11.8. The number of fused-ring (bicyclic) bond motifs is 1. The Bertz CT molecular complexity index is 1270. The highest BCUT2D eigenvalue weighted by molar-refractivity contribution is 5.53. The van der Waals surface area contributed by atoms with Gasteiger partial charge in [-0.2, -0.15) is 19.7 Å². The zero-order valence-corrected chi connectivity index (χ0v) is 22.3. The maximum absolute atomic E-state index is 4.95. The van der Waals surface area contributed by atoms with Gasteiger partial charge in [0.15, 0.2) is 5.65 Å². The lowest BCUT2D eigenvalue weighted by Crippen LogP contribution is -2.32. The minimum atomic E-state index is 0.330. The van der Waals surface area contributed by atoms with Crippen molar-refractivity contribution in [2.75, 3.05) is 38.5 Å². The Kier molecular flexibility index (Phi) is 8.11. The van der Waals surface area contributed by atoms with Gasteiger partial charge in [0.05, 0.1) is 18.4 Å². The third kappa shape index (κ3) is 6.17. The van der Waals surface area contributed by atoms with Gasteiger partial charge in [0, 0.05) is 24.5 Å². The maximum Gasteiger partial charge on any atom is 0.227 e. The predicted molar refractivity (Wildman–Crippen MR) is 147 cm³/mol. The molecule has 0 atom stereocenters. The van der Waals surface area contributed by atoms with E-state index in [2.05, 4.69) is 64.4 Å². The Hall–Kier alpha value is -3.30. The number of nitrogens with zero attached hydrogens (tertiary/aromatic N) is 8. The Balaban J connectivity index is 1.32. The lowest BCUT2D eigenvalue weighted by atomic mass is 10.1. The van der Waals surface area contributed by atoms with Crippen molar-refractivity contribution in [3.8, 4) is 5.69 Å². The number of aromatic nitrogens is 6. The Morgan fingerprint density at radius 2 is 1.86 bits per heavy atom. The molecule has 196 valence electrons. The van der Waals surface area contributed by atoms with Gasteiger partial charge in [0.2, 0.25) is 5.95 Å². The fourth-order valence-electron chi connectivity index (χ4n) is 5.07. The molecule has 4 heterocycles. The van der Waals surface area contributed by atoms with Crippen molar-refractivity contribution in [2.45, 2.75) is 58.5 Å². The van der Waals surface area contributed by atoms with Gasteiger partial charge in [-0.05, 0) is 76.1 Å². The van der Waals surface area contributed by atoms with Crippen molar-refractivity contribution in [3.63, 3.8) is 0 Å². The molecule has 0 spiro atoms. The topological polar surface area (TPSA) is 79.4 Å². The normalized spacial score (nSPS) is 14.7. The number of nitrogens with one attached hydrogen (secondary N) is 1. The lowest BCUT2D eigenvalue weighted by Gasteiger charge is -2.27. The van der Waals surface area contributed by atoms with Crippen LogP contribution >= 0.6 is 0 Å². The molecule has 4 aromatic rings. The van der Waals surface area contributed by atoms with Crippen molar-refractivity contribution >= 4 is 11.6 Å². The molecule has 9 heteroatoms. The van der Waals surface area contributed by atoms with E-state index in [0.717, 1.165) is 41.3 Å². The molecule has 0 saturated carbocycles. The van der Waals surface area contributed by atoms with Crippen LogP contribution < -0.4 is 5.32 Å². The van der Waals surface area contributed by atoms with Gasteiger partial charge in [0.1, 0.15) is 5.82 Å². The van der Waals surface area contributed by atoms with Crippen LogP contribution in [0.3, 0.4) is 0 Å². The summed E-state index contributed by atoms with van der Waals surface area (Å²) < 4.78 is 3.73. The fourth-order valence-corrected chi connectivity index (χ4v) is 5.07. The summed E-state index contributed by atoms with van der Waals surface area (Å²) in [5.41, 5.74) is 4.19. The largest absolute Gasteiger partial charge is 0.350 e. The van der Waals surface area contributed by atoms with E-state index in [4.69, 9.17) is 9.97 Å². The molecule has 1 aliphatic rings. The molecule has 0 bridgehead atoms. The van der Waals surface area contributed by atoms with Gasteiger partial charge in [-0.3, -0.25) is 4.90 Å². The molecule has 0 unspecified atom stereocenters. The highest BCUT2D eigenvalue weighted by atomic mass is 15.4. The summed E-state index contributed by atoms with van der Waals surface area (Å²) in [5.74, 6) is 1.86. The molecule has 1 N–H and O–H groups in total. The highest BCUT2D eigenvalue weighted by Gasteiger charge is 2.17. The average Bonchev–Trinajstić information content (AvgIpc) is 3.59. The molecule has 1 fully saturated rings. The molecule has 1 saturated heterocycles. The molecule has 9 nitrogen and oxygen atoms in total. The van der Waals surface area contributed by atoms with E-state index < -0.39 is 0 Å². The van der Waals surface area contributed by atoms with Crippen LogP contribution in [0, 0.1) is 0 Å². The third-order valence-corrected chi connectivity index (χ3v) is 7.12. The molecule has 0 radical (unpaired) electrons. The molecular weight excluding hydrogens is 462 g/mol. The molecule has 0 amide bonds. The number of likely N-dealkylation sites (tertiary alicyclic amines) is 1. The summed E-state index contributed by atoms with van der Waals surface area (Å²) in [6.07, 6.45) is 10.9. The number of anilines is 1. The molecule has 1 aliphatic heterocycles.